The van der Waals surface area contributed by atoms with E-state index in [0.29, 0.717) is 0 Å². The summed E-state index contributed by atoms with van der Waals surface area (Å²) in [6.45, 7) is 10.8. The SMILES string of the molecule is CC.CCC(C)(C/C=N/N(C)c1ccccc1Sc1ccccc1)c1ccccc1C. The van der Waals surface area contributed by atoms with Gasteiger partial charge in [0.15, 0.2) is 0 Å². The lowest BCUT2D eigenvalue weighted by molar-refractivity contribution is 0.474. The zero-order valence-electron chi connectivity index (χ0n) is 19.8. The second-order valence-electron chi connectivity index (χ2n) is 7.64. The van der Waals surface area contributed by atoms with Gasteiger partial charge >= 0.3 is 0 Å². The van der Waals surface area contributed by atoms with E-state index in [0.717, 1.165) is 18.5 Å². The molecule has 2 nitrogen and oxygen atoms in total. The first-order chi connectivity index (χ1) is 15.0. The maximum absolute atomic E-state index is 4.78. The smallest absolute Gasteiger partial charge is 0.0729 e. The molecule has 0 aliphatic carbocycles. The summed E-state index contributed by atoms with van der Waals surface area (Å²) in [5, 5.41) is 6.77. The molecule has 3 aromatic rings. The molecule has 3 heteroatoms. The number of para-hydroxylation sites is 1. The summed E-state index contributed by atoms with van der Waals surface area (Å²) in [5.41, 5.74) is 3.97. The molecule has 0 aliphatic rings. The van der Waals surface area contributed by atoms with Crippen molar-refractivity contribution in [3.05, 3.63) is 90.0 Å². The van der Waals surface area contributed by atoms with Gasteiger partial charge in [0.25, 0.3) is 0 Å². The second kappa shape index (κ2) is 12.4. The van der Waals surface area contributed by atoms with Gasteiger partial charge in [0, 0.05) is 23.1 Å². The molecule has 164 valence electrons. The van der Waals surface area contributed by atoms with Crippen molar-refractivity contribution in [2.75, 3.05) is 12.1 Å². The van der Waals surface area contributed by atoms with Crippen LogP contribution in [0, 0.1) is 6.92 Å². The molecule has 0 saturated heterocycles. The summed E-state index contributed by atoms with van der Waals surface area (Å²) < 4.78 is 0. The van der Waals surface area contributed by atoms with Crippen molar-refractivity contribution in [2.45, 2.75) is 62.7 Å². The molecule has 0 fully saturated rings. The molecule has 1 unspecified atom stereocenters. The van der Waals surface area contributed by atoms with E-state index in [9.17, 15) is 0 Å². The number of hydrogen-bond donors (Lipinski definition) is 0. The summed E-state index contributed by atoms with van der Waals surface area (Å²) in [5.74, 6) is 0. The molecule has 0 saturated carbocycles. The van der Waals surface area contributed by atoms with Crippen molar-refractivity contribution >= 4 is 23.7 Å². The van der Waals surface area contributed by atoms with Crippen molar-refractivity contribution < 1.29 is 0 Å². The van der Waals surface area contributed by atoms with Crippen LogP contribution < -0.4 is 5.01 Å². The van der Waals surface area contributed by atoms with Crippen molar-refractivity contribution in [1.82, 2.24) is 0 Å². The van der Waals surface area contributed by atoms with E-state index >= 15 is 0 Å². The highest BCUT2D eigenvalue weighted by atomic mass is 32.2. The van der Waals surface area contributed by atoms with Crippen LogP contribution >= 0.6 is 11.8 Å². The summed E-state index contributed by atoms with van der Waals surface area (Å²) in [7, 11) is 2.03. The zero-order valence-corrected chi connectivity index (χ0v) is 20.6. The molecular weight excluding hydrogens is 396 g/mol. The molecule has 0 heterocycles. The predicted molar refractivity (Wildman–Crippen MR) is 139 cm³/mol. The van der Waals surface area contributed by atoms with Crippen molar-refractivity contribution in [2.24, 2.45) is 5.10 Å². The van der Waals surface area contributed by atoms with Crippen molar-refractivity contribution in [3.63, 3.8) is 0 Å². The third kappa shape index (κ3) is 6.73. The van der Waals surface area contributed by atoms with Crippen LogP contribution in [0.25, 0.3) is 0 Å². The third-order valence-corrected chi connectivity index (χ3v) is 6.63. The summed E-state index contributed by atoms with van der Waals surface area (Å²) in [6.07, 6.45) is 4.06. The fraction of sp³-hybridized carbons (Fsp3) is 0.321. The van der Waals surface area contributed by atoms with E-state index in [-0.39, 0.29) is 5.41 Å². The van der Waals surface area contributed by atoms with E-state index in [1.54, 1.807) is 11.8 Å². The number of nitrogens with zero attached hydrogens (tertiary/aromatic N) is 2. The fourth-order valence-corrected chi connectivity index (χ4v) is 4.55. The lowest BCUT2D eigenvalue weighted by atomic mass is 9.76. The van der Waals surface area contributed by atoms with Crippen molar-refractivity contribution in [1.29, 1.82) is 0 Å². The molecule has 0 amide bonds. The Hall–Kier alpha value is -2.52. The van der Waals surface area contributed by atoms with Crippen LogP contribution in [-0.2, 0) is 5.41 Å². The minimum Gasteiger partial charge on any atom is -0.268 e. The highest BCUT2D eigenvalue weighted by molar-refractivity contribution is 7.99. The van der Waals surface area contributed by atoms with Gasteiger partial charge in [0.2, 0.25) is 0 Å². The molecular formula is C28H36N2S. The Morgan fingerprint density at radius 2 is 1.52 bits per heavy atom. The van der Waals surface area contributed by atoms with Gasteiger partial charge in [-0.3, -0.25) is 5.01 Å². The molecule has 0 spiro atoms. The highest BCUT2D eigenvalue weighted by Gasteiger charge is 2.25. The molecule has 0 aliphatic heterocycles. The normalized spacial score (nSPS) is 12.7. The molecule has 0 bridgehead atoms. The molecule has 31 heavy (non-hydrogen) atoms. The van der Waals surface area contributed by atoms with Crippen LogP contribution in [0.2, 0.25) is 0 Å². The van der Waals surface area contributed by atoms with E-state index in [1.165, 1.54) is 20.9 Å². The lowest BCUT2D eigenvalue weighted by Gasteiger charge is -2.29. The van der Waals surface area contributed by atoms with Crippen molar-refractivity contribution in [3.8, 4) is 0 Å². The minimum atomic E-state index is 0.0913. The third-order valence-electron chi connectivity index (χ3n) is 5.56. The molecule has 3 rings (SSSR count). The van der Waals surface area contributed by atoms with E-state index in [1.807, 2.05) is 32.0 Å². The van der Waals surface area contributed by atoms with E-state index in [4.69, 9.17) is 5.10 Å². The van der Waals surface area contributed by atoms with Gasteiger partial charge in [-0.15, -0.1) is 0 Å². The van der Waals surface area contributed by atoms with E-state index < -0.39 is 0 Å². The van der Waals surface area contributed by atoms with Crippen LogP contribution in [0.3, 0.4) is 0 Å². The predicted octanol–water partition coefficient (Wildman–Crippen LogP) is 8.35. The van der Waals surface area contributed by atoms with Crippen LogP contribution in [0.5, 0.6) is 0 Å². The summed E-state index contributed by atoms with van der Waals surface area (Å²) in [6, 6.07) is 27.6. The first-order valence-electron chi connectivity index (χ1n) is 11.2. The van der Waals surface area contributed by atoms with E-state index in [2.05, 4.69) is 99.8 Å². The largest absolute Gasteiger partial charge is 0.268 e. The standard InChI is InChI=1S/C26H30N2S.C2H6/c1-5-26(3,23-16-10-9-13-21(23)2)19-20-27-28(4)24-17-11-12-18-25(24)29-22-14-7-6-8-15-22;1-2/h6-18,20H,5,19H2,1-4H3;1-2H3/b27-20+;. The van der Waals surface area contributed by atoms with Crippen LogP contribution in [0.1, 0.15) is 51.7 Å². The van der Waals surface area contributed by atoms with Gasteiger partial charge in [-0.05, 0) is 60.6 Å². The maximum atomic E-state index is 4.78. The molecule has 0 N–H and O–H groups in total. The first kappa shape index (κ1) is 24.7. The first-order valence-corrected chi connectivity index (χ1v) is 12.0. The number of anilines is 1. The quantitative estimate of drug-likeness (QED) is 0.262. The van der Waals surface area contributed by atoms with Crippen LogP contribution in [-0.4, -0.2) is 13.3 Å². The topological polar surface area (TPSA) is 15.6 Å². The van der Waals surface area contributed by atoms with Gasteiger partial charge in [-0.2, -0.15) is 5.10 Å². The van der Waals surface area contributed by atoms with Crippen LogP contribution in [0.4, 0.5) is 5.69 Å². The number of aryl methyl sites for hydroxylation is 1. The number of hydrogen-bond acceptors (Lipinski definition) is 3. The molecule has 0 radical (unpaired) electrons. The molecule has 3 aromatic carbocycles. The Morgan fingerprint density at radius 1 is 0.903 bits per heavy atom. The highest BCUT2D eigenvalue weighted by Crippen LogP contribution is 2.35. The van der Waals surface area contributed by atoms with Gasteiger partial charge in [0.05, 0.1) is 5.69 Å². The Bertz CT molecular complexity index is 952. The molecule has 0 aromatic heterocycles. The Labute approximate surface area is 193 Å². The number of rotatable bonds is 8. The minimum absolute atomic E-state index is 0.0913. The Morgan fingerprint density at radius 3 is 2.19 bits per heavy atom. The Balaban J connectivity index is 0.00000166. The average molecular weight is 433 g/mol. The van der Waals surface area contributed by atoms with Gasteiger partial charge < -0.3 is 0 Å². The second-order valence-corrected chi connectivity index (χ2v) is 8.75. The Kier molecular flexibility index (Phi) is 9.87. The number of benzene rings is 3. The zero-order chi connectivity index (χ0) is 22.7. The van der Waals surface area contributed by atoms with Gasteiger partial charge in [-0.1, -0.05) is 94.1 Å². The maximum Gasteiger partial charge on any atom is 0.0729 e. The lowest BCUT2D eigenvalue weighted by Crippen LogP contribution is -2.23. The monoisotopic (exact) mass is 432 g/mol. The fourth-order valence-electron chi connectivity index (χ4n) is 3.55. The summed E-state index contributed by atoms with van der Waals surface area (Å²) in [4.78, 5) is 2.44. The molecule has 1 atom stereocenters. The van der Waals surface area contributed by atoms with Crippen LogP contribution in [0.15, 0.2) is 93.8 Å². The van der Waals surface area contributed by atoms with Gasteiger partial charge in [0.1, 0.15) is 0 Å². The average Bonchev–Trinajstić information content (AvgIpc) is 2.81. The summed E-state index contributed by atoms with van der Waals surface area (Å²) >= 11 is 1.77. The number of hydrazone groups is 1. The van der Waals surface area contributed by atoms with Gasteiger partial charge in [-0.25, -0.2) is 0 Å².